The Hall–Kier alpha value is -3.42. The summed E-state index contributed by atoms with van der Waals surface area (Å²) in [4.78, 5) is 34.6. The predicted octanol–water partition coefficient (Wildman–Crippen LogP) is 3.32. The molecule has 0 saturated heterocycles. The van der Waals surface area contributed by atoms with E-state index < -0.39 is 23.4 Å². The van der Waals surface area contributed by atoms with E-state index >= 15 is 0 Å². The Morgan fingerprint density at radius 3 is 2.30 bits per heavy atom. The molecule has 0 aromatic heterocycles. The van der Waals surface area contributed by atoms with Gasteiger partial charge in [-0.2, -0.15) is 0 Å². The summed E-state index contributed by atoms with van der Waals surface area (Å²) in [5, 5.41) is 13.6. The molecule has 0 saturated carbocycles. The van der Waals surface area contributed by atoms with Crippen molar-refractivity contribution in [2.24, 2.45) is 0 Å². The SMILES string of the molecule is COc1ccc([N+](=O)[O-])cc1C(=O)OCC(=O)Nc1c(C)cc(C)cc1C. The number of amides is 1. The van der Waals surface area contributed by atoms with Crippen LogP contribution in [0.25, 0.3) is 0 Å². The zero-order valence-corrected chi connectivity index (χ0v) is 15.5. The van der Waals surface area contributed by atoms with Crippen molar-refractivity contribution in [3.05, 3.63) is 62.7 Å². The molecule has 8 nitrogen and oxygen atoms in total. The molecule has 27 heavy (non-hydrogen) atoms. The van der Waals surface area contributed by atoms with Crippen molar-refractivity contribution in [3.63, 3.8) is 0 Å². The van der Waals surface area contributed by atoms with Gasteiger partial charge >= 0.3 is 5.97 Å². The van der Waals surface area contributed by atoms with Gasteiger partial charge in [0.25, 0.3) is 11.6 Å². The Kier molecular flexibility index (Phi) is 6.12. The second-order valence-corrected chi connectivity index (χ2v) is 6.04. The van der Waals surface area contributed by atoms with E-state index in [0.717, 1.165) is 22.8 Å². The largest absolute Gasteiger partial charge is 0.496 e. The lowest BCUT2D eigenvalue weighted by Gasteiger charge is -2.13. The number of non-ortho nitro benzene ring substituents is 1. The molecule has 0 atom stereocenters. The van der Waals surface area contributed by atoms with E-state index in [0.29, 0.717) is 5.69 Å². The number of rotatable bonds is 6. The van der Waals surface area contributed by atoms with Crippen molar-refractivity contribution in [3.8, 4) is 5.75 Å². The van der Waals surface area contributed by atoms with E-state index in [4.69, 9.17) is 9.47 Å². The molecule has 0 aliphatic carbocycles. The first-order valence-corrected chi connectivity index (χ1v) is 8.10. The van der Waals surface area contributed by atoms with Crippen LogP contribution in [0.3, 0.4) is 0 Å². The van der Waals surface area contributed by atoms with Crippen LogP contribution in [-0.4, -0.2) is 30.5 Å². The molecule has 2 aromatic carbocycles. The number of nitrogens with one attached hydrogen (secondary N) is 1. The van der Waals surface area contributed by atoms with E-state index in [1.54, 1.807) is 0 Å². The number of aryl methyl sites for hydroxylation is 3. The fourth-order valence-electron chi connectivity index (χ4n) is 2.73. The average molecular weight is 372 g/mol. The summed E-state index contributed by atoms with van der Waals surface area (Å²) in [6.45, 7) is 5.17. The molecular weight excluding hydrogens is 352 g/mol. The second kappa shape index (κ2) is 8.31. The summed E-state index contributed by atoms with van der Waals surface area (Å²) in [6, 6.07) is 7.43. The predicted molar refractivity (Wildman–Crippen MR) is 99.2 cm³/mol. The zero-order valence-electron chi connectivity index (χ0n) is 15.5. The van der Waals surface area contributed by atoms with Crippen LogP contribution >= 0.6 is 0 Å². The summed E-state index contributed by atoms with van der Waals surface area (Å²) < 4.78 is 10.0. The van der Waals surface area contributed by atoms with Crippen molar-refractivity contribution < 1.29 is 24.0 Å². The number of nitro benzene ring substituents is 1. The van der Waals surface area contributed by atoms with Crippen LogP contribution < -0.4 is 10.1 Å². The molecule has 0 bridgehead atoms. The Labute approximate surface area is 156 Å². The number of benzene rings is 2. The molecule has 0 unspecified atom stereocenters. The number of nitrogens with zero attached hydrogens (tertiary/aromatic N) is 1. The zero-order chi connectivity index (χ0) is 20.1. The minimum atomic E-state index is -0.886. The maximum Gasteiger partial charge on any atom is 0.342 e. The van der Waals surface area contributed by atoms with E-state index in [1.165, 1.54) is 19.2 Å². The standard InChI is InChI=1S/C19H20N2O6/c1-11-7-12(2)18(13(3)8-11)20-17(22)10-27-19(23)15-9-14(21(24)25)5-6-16(15)26-4/h5-9H,10H2,1-4H3,(H,20,22). The lowest BCUT2D eigenvalue weighted by molar-refractivity contribution is -0.384. The molecule has 0 spiro atoms. The number of esters is 1. The van der Waals surface area contributed by atoms with E-state index in [9.17, 15) is 19.7 Å². The highest BCUT2D eigenvalue weighted by atomic mass is 16.6. The molecule has 0 aliphatic heterocycles. The number of carbonyl (C=O) groups is 2. The Morgan fingerprint density at radius 2 is 1.74 bits per heavy atom. The third-order valence-corrected chi connectivity index (χ3v) is 3.89. The minimum absolute atomic E-state index is 0.122. The average Bonchev–Trinajstić information content (AvgIpc) is 2.61. The van der Waals surface area contributed by atoms with Crippen LogP contribution in [0, 0.1) is 30.9 Å². The van der Waals surface area contributed by atoms with Crippen LogP contribution in [0.2, 0.25) is 0 Å². The van der Waals surface area contributed by atoms with E-state index in [1.807, 2.05) is 32.9 Å². The van der Waals surface area contributed by atoms with Crippen LogP contribution in [0.5, 0.6) is 5.75 Å². The number of methoxy groups -OCH3 is 1. The molecule has 0 radical (unpaired) electrons. The fourth-order valence-corrected chi connectivity index (χ4v) is 2.73. The summed E-state index contributed by atoms with van der Waals surface area (Å²) in [6.07, 6.45) is 0. The van der Waals surface area contributed by atoms with Crippen molar-refractivity contribution in [2.75, 3.05) is 19.0 Å². The first-order valence-electron chi connectivity index (χ1n) is 8.10. The van der Waals surface area contributed by atoms with E-state index in [2.05, 4.69) is 5.32 Å². The topological polar surface area (TPSA) is 108 Å². The van der Waals surface area contributed by atoms with Gasteiger partial charge in [0.1, 0.15) is 11.3 Å². The second-order valence-electron chi connectivity index (χ2n) is 6.04. The summed E-state index contributed by atoms with van der Waals surface area (Å²) in [5.41, 5.74) is 3.13. The van der Waals surface area contributed by atoms with Gasteiger partial charge in [0.05, 0.1) is 12.0 Å². The molecule has 0 heterocycles. The van der Waals surface area contributed by atoms with E-state index in [-0.39, 0.29) is 17.0 Å². The maximum atomic E-state index is 12.2. The molecule has 2 rings (SSSR count). The summed E-state index contributed by atoms with van der Waals surface area (Å²) in [7, 11) is 1.33. The first-order chi connectivity index (χ1) is 12.7. The Balaban J connectivity index is 2.08. The van der Waals surface area contributed by atoms with Gasteiger partial charge in [0.2, 0.25) is 0 Å². The maximum absolute atomic E-state index is 12.2. The third kappa shape index (κ3) is 4.81. The number of ether oxygens (including phenoxy) is 2. The monoisotopic (exact) mass is 372 g/mol. The van der Waals surface area contributed by atoms with Crippen molar-refractivity contribution in [1.29, 1.82) is 0 Å². The van der Waals surface area contributed by atoms with Crippen LogP contribution in [-0.2, 0) is 9.53 Å². The van der Waals surface area contributed by atoms with Gasteiger partial charge in [-0.3, -0.25) is 14.9 Å². The molecule has 0 fully saturated rings. The lowest BCUT2D eigenvalue weighted by Crippen LogP contribution is -2.22. The van der Waals surface area contributed by atoms with Crippen molar-refractivity contribution in [2.45, 2.75) is 20.8 Å². The highest BCUT2D eigenvalue weighted by Gasteiger charge is 2.20. The number of nitro groups is 1. The number of hydrogen-bond acceptors (Lipinski definition) is 6. The van der Waals surface area contributed by atoms with Crippen LogP contribution in [0.4, 0.5) is 11.4 Å². The van der Waals surface area contributed by atoms with Gasteiger partial charge in [-0.05, 0) is 38.0 Å². The summed E-state index contributed by atoms with van der Waals surface area (Å²) in [5.74, 6) is -1.28. The lowest BCUT2D eigenvalue weighted by atomic mass is 10.1. The van der Waals surface area contributed by atoms with Gasteiger partial charge in [-0.25, -0.2) is 4.79 Å². The third-order valence-electron chi connectivity index (χ3n) is 3.89. The number of anilines is 1. The van der Waals surface area contributed by atoms with Gasteiger partial charge < -0.3 is 14.8 Å². The fraction of sp³-hybridized carbons (Fsp3) is 0.263. The molecule has 1 amide bonds. The van der Waals surface area contributed by atoms with Crippen molar-refractivity contribution >= 4 is 23.3 Å². The Bertz CT molecular complexity index is 884. The quantitative estimate of drug-likeness (QED) is 0.473. The highest BCUT2D eigenvalue weighted by Crippen LogP contribution is 2.25. The molecule has 1 N–H and O–H groups in total. The number of hydrogen-bond donors (Lipinski definition) is 1. The van der Waals surface area contributed by atoms with Crippen LogP contribution in [0.15, 0.2) is 30.3 Å². The molecular formula is C19H20N2O6. The highest BCUT2D eigenvalue weighted by molar-refractivity contribution is 5.97. The minimum Gasteiger partial charge on any atom is -0.496 e. The molecule has 2 aromatic rings. The molecule has 0 aliphatic rings. The Morgan fingerprint density at radius 1 is 1.11 bits per heavy atom. The van der Waals surface area contributed by atoms with Crippen molar-refractivity contribution in [1.82, 2.24) is 0 Å². The van der Waals surface area contributed by atoms with Gasteiger partial charge in [0, 0.05) is 17.8 Å². The first kappa shape index (κ1) is 19.9. The number of carbonyl (C=O) groups excluding carboxylic acids is 2. The molecule has 8 heteroatoms. The van der Waals surface area contributed by atoms with Gasteiger partial charge in [-0.1, -0.05) is 17.7 Å². The normalized spacial score (nSPS) is 10.2. The molecule has 142 valence electrons. The smallest absolute Gasteiger partial charge is 0.342 e. The summed E-state index contributed by atoms with van der Waals surface area (Å²) >= 11 is 0. The van der Waals surface area contributed by atoms with Gasteiger partial charge in [-0.15, -0.1) is 0 Å². The van der Waals surface area contributed by atoms with Crippen LogP contribution in [0.1, 0.15) is 27.0 Å². The van der Waals surface area contributed by atoms with Gasteiger partial charge in [0.15, 0.2) is 6.61 Å².